The molecule has 0 atom stereocenters. The number of hydrogen-bond donors (Lipinski definition) is 2. The van der Waals surface area contributed by atoms with Gasteiger partial charge in [0.15, 0.2) is 5.82 Å². The van der Waals surface area contributed by atoms with Crippen molar-refractivity contribution >= 4 is 16.8 Å². The summed E-state index contributed by atoms with van der Waals surface area (Å²) >= 11 is 0. The predicted molar refractivity (Wildman–Crippen MR) is 86.8 cm³/mol. The Balaban J connectivity index is 1.42. The maximum absolute atomic E-state index is 13.2. The van der Waals surface area contributed by atoms with Crippen molar-refractivity contribution in [1.82, 2.24) is 25.1 Å². The average molecular weight is 327 g/mol. The van der Waals surface area contributed by atoms with Crippen molar-refractivity contribution in [2.75, 3.05) is 0 Å². The van der Waals surface area contributed by atoms with Gasteiger partial charge in [-0.2, -0.15) is 0 Å². The van der Waals surface area contributed by atoms with Gasteiger partial charge in [0.2, 0.25) is 5.91 Å². The number of benzene rings is 1. The molecule has 1 aliphatic heterocycles. The number of carbonyl (C=O) groups is 1. The van der Waals surface area contributed by atoms with Gasteiger partial charge in [-0.3, -0.25) is 4.79 Å². The van der Waals surface area contributed by atoms with E-state index >= 15 is 0 Å². The van der Waals surface area contributed by atoms with Crippen LogP contribution in [0, 0.1) is 5.82 Å². The van der Waals surface area contributed by atoms with Gasteiger partial charge in [0, 0.05) is 30.1 Å². The van der Waals surface area contributed by atoms with E-state index in [0.29, 0.717) is 12.1 Å². The number of nitrogens with zero attached hydrogens (tertiary/aromatic N) is 3. The smallest absolute Gasteiger partial charge is 0.224 e. The molecule has 0 unspecified atom stereocenters. The van der Waals surface area contributed by atoms with Crippen LogP contribution in [0.5, 0.6) is 0 Å². The summed E-state index contributed by atoms with van der Waals surface area (Å²) in [6, 6.07) is 4.53. The molecule has 0 spiro atoms. The van der Waals surface area contributed by atoms with Gasteiger partial charge >= 0.3 is 0 Å². The van der Waals surface area contributed by atoms with Crippen LogP contribution in [-0.2, 0) is 30.7 Å². The molecule has 2 aromatic heterocycles. The third-order valence-electron chi connectivity index (χ3n) is 4.46. The number of aryl methyl sites for hydroxylation is 1. The van der Waals surface area contributed by atoms with Crippen molar-refractivity contribution in [3.8, 4) is 0 Å². The second-order valence-electron chi connectivity index (χ2n) is 6.10. The Hall–Kier alpha value is -2.70. The van der Waals surface area contributed by atoms with Crippen LogP contribution < -0.4 is 5.32 Å². The summed E-state index contributed by atoms with van der Waals surface area (Å²) in [7, 11) is 0. The lowest BCUT2D eigenvalue weighted by Crippen LogP contribution is -2.27. The number of aromatic amines is 1. The minimum Gasteiger partial charge on any atom is -0.361 e. The number of fused-ring (bicyclic) bond motifs is 2. The van der Waals surface area contributed by atoms with E-state index in [4.69, 9.17) is 0 Å². The molecule has 0 aliphatic carbocycles. The standard InChI is InChI=1S/C17H18FN5O/c18-12-4-5-13-11(9-19-14(13)8-12)7-17(24)20-10-16-22-21-15-3-1-2-6-23(15)16/h4-5,8-9,19H,1-3,6-7,10H2,(H,20,24). The van der Waals surface area contributed by atoms with Gasteiger partial charge in [-0.25, -0.2) is 4.39 Å². The number of rotatable bonds is 4. The Morgan fingerprint density at radius 1 is 1.33 bits per heavy atom. The van der Waals surface area contributed by atoms with Gasteiger partial charge in [-0.05, 0) is 36.6 Å². The molecule has 1 aromatic carbocycles. The summed E-state index contributed by atoms with van der Waals surface area (Å²) in [5.74, 6) is 1.42. The maximum Gasteiger partial charge on any atom is 0.224 e. The maximum atomic E-state index is 13.2. The largest absolute Gasteiger partial charge is 0.361 e. The number of halogens is 1. The molecular formula is C17H18FN5O. The summed E-state index contributed by atoms with van der Waals surface area (Å²) in [6.45, 7) is 1.30. The molecule has 2 N–H and O–H groups in total. The second kappa shape index (κ2) is 6.07. The fraction of sp³-hybridized carbons (Fsp3) is 0.353. The van der Waals surface area contributed by atoms with E-state index in [9.17, 15) is 9.18 Å². The Morgan fingerprint density at radius 3 is 3.17 bits per heavy atom. The highest BCUT2D eigenvalue weighted by atomic mass is 19.1. The second-order valence-corrected chi connectivity index (χ2v) is 6.10. The van der Waals surface area contributed by atoms with E-state index in [1.165, 1.54) is 12.1 Å². The van der Waals surface area contributed by atoms with Crippen molar-refractivity contribution in [1.29, 1.82) is 0 Å². The number of nitrogens with one attached hydrogen (secondary N) is 2. The van der Waals surface area contributed by atoms with Crippen molar-refractivity contribution < 1.29 is 9.18 Å². The molecule has 4 rings (SSSR count). The number of amides is 1. The third kappa shape index (κ3) is 2.77. The van der Waals surface area contributed by atoms with Crippen molar-refractivity contribution in [2.45, 2.75) is 38.8 Å². The van der Waals surface area contributed by atoms with Crippen LogP contribution in [0.4, 0.5) is 4.39 Å². The molecule has 1 amide bonds. The molecule has 0 bridgehead atoms. The average Bonchev–Trinajstić information content (AvgIpc) is 3.17. The molecule has 0 fully saturated rings. The lowest BCUT2D eigenvalue weighted by molar-refractivity contribution is -0.120. The van der Waals surface area contributed by atoms with Gasteiger partial charge in [0.25, 0.3) is 0 Å². The summed E-state index contributed by atoms with van der Waals surface area (Å²) < 4.78 is 15.3. The third-order valence-corrected chi connectivity index (χ3v) is 4.46. The first-order valence-corrected chi connectivity index (χ1v) is 8.14. The van der Waals surface area contributed by atoms with E-state index in [1.54, 1.807) is 12.3 Å². The minimum absolute atomic E-state index is 0.0895. The van der Waals surface area contributed by atoms with Crippen molar-refractivity contribution in [3.05, 3.63) is 47.4 Å². The van der Waals surface area contributed by atoms with Crippen LogP contribution in [0.2, 0.25) is 0 Å². The summed E-state index contributed by atoms with van der Waals surface area (Å²) in [4.78, 5) is 15.2. The zero-order chi connectivity index (χ0) is 16.5. The number of H-pyrrole nitrogens is 1. The fourth-order valence-electron chi connectivity index (χ4n) is 3.22. The molecule has 0 saturated heterocycles. The Bertz CT molecular complexity index is 898. The van der Waals surface area contributed by atoms with E-state index in [-0.39, 0.29) is 18.1 Å². The van der Waals surface area contributed by atoms with E-state index in [0.717, 1.165) is 48.4 Å². The first-order chi connectivity index (χ1) is 11.7. The molecule has 24 heavy (non-hydrogen) atoms. The molecular weight excluding hydrogens is 309 g/mol. The topological polar surface area (TPSA) is 75.6 Å². The minimum atomic E-state index is -0.295. The molecule has 3 heterocycles. The fourth-order valence-corrected chi connectivity index (χ4v) is 3.22. The first kappa shape index (κ1) is 14.9. The van der Waals surface area contributed by atoms with Crippen LogP contribution >= 0.6 is 0 Å². The molecule has 0 radical (unpaired) electrons. The molecule has 6 nitrogen and oxygen atoms in total. The quantitative estimate of drug-likeness (QED) is 0.770. The normalized spacial score (nSPS) is 13.9. The number of hydrogen-bond acceptors (Lipinski definition) is 3. The molecule has 3 aromatic rings. The van der Waals surface area contributed by atoms with Crippen LogP contribution in [-0.4, -0.2) is 25.7 Å². The van der Waals surface area contributed by atoms with Gasteiger partial charge in [0.05, 0.1) is 13.0 Å². The van der Waals surface area contributed by atoms with Gasteiger partial charge in [0.1, 0.15) is 11.6 Å². The van der Waals surface area contributed by atoms with E-state index in [1.807, 2.05) is 0 Å². The van der Waals surface area contributed by atoms with Gasteiger partial charge < -0.3 is 14.9 Å². The van der Waals surface area contributed by atoms with Crippen molar-refractivity contribution in [3.63, 3.8) is 0 Å². The highest BCUT2D eigenvalue weighted by Gasteiger charge is 2.16. The van der Waals surface area contributed by atoms with Crippen molar-refractivity contribution in [2.24, 2.45) is 0 Å². The number of aromatic nitrogens is 4. The van der Waals surface area contributed by atoms with Gasteiger partial charge in [-0.15, -0.1) is 10.2 Å². The van der Waals surface area contributed by atoms with E-state index < -0.39 is 0 Å². The number of carbonyl (C=O) groups excluding carboxylic acids is 1. The summed E-state index contributed by atoms with van der Waals surface area (Å²) in [5.41, 5.74) is 1.55. The van der Waals surface area contributed by atoms with E-state index in [2.05, 4.69) is 25.1 Å². The zero-order valence-electron chi connectivity index (χ0n) is 13.2. The van der Waals surface area contributed by atoms with Crippen LogP contribution in [0.15, 0.2) is 24.4 Å². The molecule has 124 valence electrons. The summed E-state index contributed by atoms with van der Waals surface area (Å²) in [6.07, 6.45) is 5.21. The van der Waals surface area contributed by atoms with Crippen LogP contribution in [0.25, 0.3) is 10.9 Å². The Labute approximate surface area is 138 Å². The zero-order valence-corrected chi connectivity index (χ0v) is 13.2. The highest BCUT2D eigenvalue weighted by molar-refractivity contribution is 5.88. The van der Waals surface area contributed by atoms with Gasteiger partial charge in [-0.1, -0.05) is 0 Å². The molecule has 7 heteroatoms. The van der Waals surface area contributed by atoms with Crippen LogP contribution in [0.1, 0.15) is 30.1 Å². The summed E-state index contributed by atoms with van der Waals surface area (Å²) in [5, 5.41) is 12.1. The molecule has 1 aliphatic rings. The highest BCUT2D eigenvalue weighted by Crippen LogP contribution is 2.19. The van der Waals surface area contributed by atoms with Crippen LogP contribution in [0.3, 0.4) is 0 Å². The SMILES string of the molecule is O=C(Cc1c[nH]c2cc(F)ccc12)NCc1nnc2n1CCCC2. The predicted octanol–water partition coefficient (Wildman–Crippen LogP) is 2.09. The monoisotopic (exact) mass is 327 g/mol. The lowest BCUT2D eigenvalue weighted by Gasteiger charge is -2.14. The Kier molecular flexibility index (Phi) is 3.76. The lowest BCUT2D eigenvalue weighted by atomic mass is 10.1. The Morgan fingerprint density at radius 2 is 2.25 bits per heavy atom. The molecule has 0 saturated carbocycles. The first-order valence-electron chi connectivity index (χ1n) is 8.14.